The lowest BCUT2D eigenvalue weighted by molar-refractivity contribution is -0.149. The summed E-state index contributed by atoms with van der Waals surface area (Å²) in [6.07, 6.45) is 14.7. The van der Waals surface area contributed by atoms with Gasteiger partial charge in [-0.1, -0.05) is 24.6 Å². The predicted molar refractivity (Wildman–Crippen MR) is 165 cm³/mol. The van der Waals surface area contributed by atoms with Crippen LogP contribution in [0.15, 0.2) is 16.8 Å². The third-order valence-electron chi connectivity index (χ3n) is 12.6. The Morgan fingerprint density at radius 2 is 1.81 bits per heavy atom. The molecule has 0 radical (unpaired) electrons. The predicted octanol–water partition coefficient (Wildman–Crippen LogP) is 6.57. The topological polar surface area (TPSA) is 97.3 Å². The fourth-order valence-electron chi connectivity index (χ4n) is 10.1. The van der Waals surface area contributed by atoms with E-state index in [0.717, 1.165) is 57.1 Å². The van der Waals surface area contributed by atoms with Crippen LogP contribution in [0.1, 0.15) is 118 Å². The van der Waals surface area contributed by atoms with Crippen molar-refractivity contribution in [1.82, 2.24) is 10.2 Å². The third-order valence-corrected chi connectivity index (χ3v) is 12.6. The van der Waals surface area contributed by atoms with Crippen LogP contribution >= 0.6 is 0 Å². The average Bonchev–Trinajstić information content (AvgIpc) is 3.56. The van der Waals surface area contributed by atoms with Crippen molar-refractivity contribution in [1.29, 1.82) is 0 Å². The molecule has 1 N–H and O–H groups in total. The number of amides is 1. The number of allylic oxidation sites excluding steroid dienone is 1. The third kappa shape index (κ3) is 5.94. The van der Waals surface area contributed by atoms with Gasteiger partial charge in [-0.3, -0.25) is 14.4 Å². The Balaban J connectivity index is 1.05. The van der Waals surface area contributed by atoms with Gasteiger partial charge in [0.15, 0.2) is 5.78 Å². The SMILES string of the molecule is C/C(=N\OC(=O)N(CCC1CCC(C(=O)OC(C)C)N1)C1CC1)[C@H]1CC[C@H]2[C@@H]3CCC4=CC(=O)CC[C@]4(C)[C@H]3CC[C@]12C. The standard InChI is InChI=1S/C35H53N3O5/c1-21(2)42-32(40)31-13-7-24(36-31)16-19-38(25-8-9-25)33(41)43-37-22(3)28-11-12-29-27-10-6-23-20-26(39)14-17-34(23,4)30(27)15-18-35(28,29)5/h20-21,24-25,27-31,36H,6-19H2,1-5H3/b37-22+/t24?,27-,28+,29-,30-,31?,34-,35+/m0/s1. The minimum atomic E-state index is -0.342. The minimum Gasteiger partial charge on any atom is -0.462 e. The molecule has 8 atom stereocenters. The zero-order valence-electron chi connectivity index (χ0n) is 27.0. The summed E-state index contributed by atoms with van der Waals surface area (Å²) < 4.78 is 5.37. The van der Waals surface area contributed by atoms with Gasteiger partial charge in [-0.25, -0.2) is 4.79 Å². The van der Waals surface area contributed by atoms with E-state index in [2.05, 4.69) is 31.2 Å². The van der Waals surface area contributed by atoms with Gasteiger partial charge >= 0.3 is 12.1 Å². The number of carbonyl (C=O) groups excluding carboxylic acids is 3. The number of hydrogen-bond acceptors (Lipinski definition) is 7. The van der Waals surface area contributed by atoms with Crippen LogP contribution in [0.5, 0.6) is 0 Å². The van der Waals surface area contributed by atoms with E-state index >= 15 is 0 Å². The summed E-state index contributed by atoms with van der Waals surface area (Å²) in [5.41, 5.74) is 2.75. The largest absolute Gasteiger partial charge is 0.462 e. The Labute approximate surface area is 257 Å². The number of carbonyl (C=O) groups is 3. The Bertz CT molecular complexity index is 1180. The summed E-state index contributed by atoms with van der Waals surface area (Å²) in [6.45, 7) is 11.3. The number of hydrogen-bond donors (Lipinski definition) is 1. The zero-order chi connectivity index (χ0) is 30.5. The van der Waals surface area contributed by atoms with E-state index in [0.29, 0.717) is 42.4 Å². The van der Waals surface area contributed by atoms with Crippen molar-refractivity contribution < 1.29 is 24.0 Å². The molecule has 1 saturated heterocycles. The van der Waals surface area contributed by atoms with Gasteiger partial charge in [-0.2, -0.15) is 0 Å². The van der Waals surface area contributed by atoms with Crippen LogP contribution in [0.25, 0.3) is 0 Å². The van der Waals surface area contributed by atoms with Gasteiger partial charge in [0.1, 0.15) is 6.04 Å². The quantitative estimate of drug-likeness (QED) is 0.147. The van der Waals surface area contributed by atoms with Crippen molar-refractivity contribution in [3.63, 3.8) is 0 Å². The summed E-state index contributed by atoms with van der Waals surface area (Å²) in [4.78, 5) is 45.2. The minimum absolute atomic E-state index is 0.115. The molecule has 43 heavy (non-hydrogen) atoms. The van der Waals surface area contributed by atoms with Crippen LogP contribution in [0.4, 0.5) is 4.79 Å². The maximum absolute atomic E-state index is 13.3. The molecule has 1 amide bonds. The van der Waals surface area contributed by atoms with E-state index in [4.69, 9.17) is 9.57 Å². The molecular weight excluding hydrogens is 542 g/mol. The van der Waals surface area contributed by atoms with Crippen molar-refractivity contribution in [3.8, 4) is 0 Å². The summed E-state index contributed by atoms with van der Waals surface area (Å²) in [5.74, 6) is 2.52. The Kier molecular flexibility index (Phi) is 8.55. The van der Waals surface area contributed by atoms with Crippen molar-refractivity contribution >= 4 is 23.6 Å². The van der Waals surface area contributed by atoms with Gasteiger partial charge in [0, 0.05) is 31.0 Å². The van der Waals surface area contributed by atoms with E-state index in [1.165, 1.54) is 31.3 Å². The van der Waals surface area contributed by atoms with E-state index in [1.807, 2.05) is 24.8 Å². The van der Waals surface area contributed by atoms with Crippen LogP contribution in [0.3, 0.4) is 0 Å². The number of esters is 1. The molecule has 8 heteroatoms. The molecule has 0 aromatic carbocycles. The molecule has 4 saturated carbocycles. The number of ketones is 1. The van der Waals surface area contributed by atoms with Crippen molar-refractivity contribution in [2.45, 2.75) is 142 Å². The fraction of sp³-hybridized carbons (Fsp3) is 0.829. The highest BCUT2D eigenvalue weighted by Crippen LogP contribution is 2.66. The molecule has 1 aliphatic heterocycles. The Morgan fingerprint density at radius 1 is 1.02 bits per heavy atom. The molecule has 5 fully saturated rings. The fourth-order valence-corrected chi connectivity index (χ4v) is 10.1. The van der Waals surface area contributed by atoms with E-state index in [1.54, 1.807) is 0 Å². The second-order valence-electron chi connectivity index (χ2n) is 15.4. The molecule has 0 aromatic rings. The molecule has 0 bridgehead atoms. The number of ether oxygens (including phenoxy) is 1. The van der Waals surface area contributed by atoms with E-state index < -0.39 is 0 Å². The van der Waals surface area contributed by atoms with Gasteiger partial charge in [0.05, 0.1) is 11.8 Å². The Morgan fingerprint density at radius 3 is 2.56 bits per heavy atom. The monoisotopic (exact) mass is 595 g/mol. The maximum Gasteiger partial charge on any atom is 0.436 e. The lowest BCUT2D eigenvalue weighted by Crippen LogP contribution is -2.51. The summed E-state index contributed by atoms with van der Waals surface area (Å²) in [6, 6.07) is 0.170. The first-order valence-electron chi connectivity index (χ1n) is 17.2. The molecule has 1 heterocycles. The van der Waals surface area contributed by atoms with Gasteiger partial charge in [-0.15, -0.1) is 0 Å². The molecule has 6 aliphatic rings. The number of nitrogens with one attached hydrogen (secondary N) is 1. The smallest absolute Gasteiger partial charge is 0.436 e. The lowest BCUT2D eigenvalue weighted by atomic mass is 9.46. The first-order valence-corrected chi connectivity index (χ1v) is 17.2. The first-order chi connectivity index (χ1) is 20.5. The highest BCUT2D eigenvalue weighted by molar-refractivity contribution is 5.91. The van der Waals surface area contributed by atoms with Crippen LogP contribution in [-0.2, 0) is 19.2 Å². The normalized spacial score (nSPS) is 39.1. The molecule has 0 spiro atoms. The van der Waals surface area contributed by atoms with Crippen LogP contribution in [0, 0.1) is 34.5 Å². The Hall–Kier alpha value is -2.22. The van der Waals surface area contributed by atoms with E-state index in [9.17, 15) is 14.4 Å². The molecule has 5 aliphatic carbocycles. The second kappa shape index (κ2) is 11.9. The molecule has 8 nitrogen and oxygen atoms in total. The van der Waals surface area contributed by atoms with Crippen molar-refractivity contribution in [3.05, 3.63) is 11.6 Å². The molecular formula is C35H53N3O5. The summed E-state index contributed by atoms with van der Waals surface area (Å²) in [5, 5.41) is 7.92. The maximum atomic E-state index is 13.3. The second-order valence-corrected chi connectivity index (χ2v) is 15.4. The van der Waals surface area contributed by atoms with Gasteiger partial charge in [-0.05, 0) is 132 Å². The number of oxime groups is 1. The number of rotatable bonds is 8. The van der Waals surface area contributed by atoms with Gasteiger partial charge in [0.2, 0.25) is 0 Å². The summed E-state index contributed by atoms with van der Waals surface area (Å²) in [7, 11) is 0. The van der Waals surface area contributed by atoms with Crippen LogP contribution in [-0.4, -0.2) is 59.2 Å². The first kappa shape index (κ1) is 30.8. The van der Waals surface area contributed by atoms with Crippen molar-refractivity contribution in [2.75, 3.05) is 6.54 Å². The van der Waals surface area contributed by atoms with Gasteiger partial charge < -0.3 is 15.0 Å². The lowest BCUT2D eigenvalue weighted by Gasteiger charge is -2.58. The zero-order valence-corrected chi connectivity index (χ0v) is 27.0. The number of fused-ring (bicyclic) bond motifs is 5. The van der Waals surface area contributed by atoms with Crippen LogP contribution in [0.2, 0.25) is 0 Å². The average molecular weight is 596 g/mol. The van der Waals surface area contributed by atoms with Gasteiger partial charge in [0.25, 0.3) is 0 Å². The molecule has 2 unspecified atom stereocenters. The number of nitrogens with zero attached hydrogens (tertiary/aromatic N) is 2. The highest BCUT2D eigenvalue weighted by atomic mass is 16.7. The van der Waals surface area contributed by atoms with E-state index in [-0.39, 0.29) is 47.1 Å². The van der Waals surface area contributed by atoms with Crippen molar-refractivity contribution in [2.24, 2.45) is 39.7 Å². The molecule has 6 rings (SSSR count). The molecule has 0 aromatic heterocycles. The van der Waals surface area contributed by atoms with Crippen LogP contribution < -0.4 is 5.32 Å². The summed E-state index contributed by atoms with van der Waals surface area (Å²) >= 11 is 0. The highest BCUT2D eigenvalue weighted by Gasteiger charge is 2.59. The molecule has 238 valence electrons.